The number of esters is 1. The van der Waals surface area contributed by atoms with Crippen LogP contribution in [-0.2, 0) is 4.74 Å². The Morgan fingerprint density at radius 2 is 1.83 bits per heavy atom. The summed E-state index contributed by atoms with van der Waals surface area (Å²) in [5.74, 6) is -0.523. The van der Waals surface area contributed by atoms with Crippen LogP contribution < -0.4 is 5.32 Å². The average molecular weight is 325 g/mol. The monoisotopic (exact) mass is 325 g/mol. The number of carbonyl (C=O) groups excluding carboxylic acids is 2. The molecule has 1 heterocycles. The number of hydrogen-bond donors (Lipinski definition) is 1. The summed E-state index contributed by atoms with van der Waals surface area (Å²) in [7, 11) is 0. The van der Waals surface area contributed by atoms with Crippen LogP contribution in [0, 0.1) is 0 Å². The maximum atomic E-state index is 12.3. The van der Waals surface area contributed by atoms with Crippen molar-refractivity contribution in [3.8, 4) is 0 Å². The largest absolute Gasteiger partial charge is 0.462 e. The van der Waals surface area contributed by atoms with Crippen molar-refractivity contribution in [3.05, 3.63) is 65.0 Å². The van der Waals surface area contributed by atoms with E-state index in [-0.39, 0.29) is 11.9 Å². The van der Waals surface area contributed by atoms with Crippen molar-refractivity contribution in [2.45, 2.75) is 6.92 Å². The molecule has 0 aliphatic rings. The Bertz CT molecular complexity index is 819. The summed E-state index contributed by atoms with van der Waals surface area (Å²) < 4.78 is 6.01. The molecule has 3 aromatic rings. The molecule has 0 saturated carbocycles. The molecule has 0 bridgehead atoms. The fraction of sp³-hybridized carbons (Fsp3) is 0.111. The van der Waals surface area contributed by atoms with Gasteiger partial charge in [0.05, 0.1) is 17.0 Å². The van der Waals surface area contributed by atoms with E-state index in [2.05, 4.69) is 5.32 Å². The van der Waals surface area contributed by atoms with E-state index in [9.17, 15) is 9.59 Å². The third-order valence-corrected chi connectivity index (χ3v) is 4.42. The molecule has 0 radical (unpaired) electrons. The van der Waals surface area contributed by atoms with Crippen LogP contribution in [0.1, 0.15) is 27.0 Å². The van der Waals surface area contributed by atoms with E-state index in [0.29, 0.717) is 22.7 Å². The summed E-state index contributed by atoms with van der Waals surface area (Å²) in [6.45, 7) is 2.10. The molecule has 1 aromatic heterocycles. The first-order valence-electron chi connectivity index (χ1n) is 7.24. The van der Waals surface area contributed by atoms with Gasteiger partial charge in [0.2, 0.25) is 0 Å². The summed E-state index contributed by atoms with van der Waals surface area (Å²) in [6, 6.07) is 16.4. The number of carbonyl (C=O) groups is 2. The maximum Gasteiger partial charge on any atom is 0.338 e. The van der Waals surface area contributed by atoms with Gasteiger partial charge in [-0.15, -0.1) is 11.3 Å². The fourth-order valence-electron chi connectivity index (χ4n) is 2.19. The van der Waals surface area contributed by atoms with Crippen molar-refractivity contribution in [2.75, 3.05) is 11.9 Å². The highest BCUT2D eigenvalue weighted by Gasteiger charge is 2.11. The van der Waals surface area contributed by atoms with Crippen molar-refractivity contribution in [2.24, 2.45) is 0 Å². The minimum Gasteiger partial charge on any atom is -0.462 e. The van der Waals surface area contributed by atoms with Crippen LogP contribution in [0.5, 0.6) is 0 Å². The van der Waals surface area contributed by atoms with Crippen LogP contribution in [-0.4, -0.2) is 18.5 Å². The average Bonchev–Trinajstić information content (AvgIpc) is 3.00. The van der Waals surface area contributed by atoms with Gasteiger partial charge in [0.1, 0.15) is 0 Å². The van der Waals surface area contributed by atoms with E-state index in [0.717, 1.165) is 10.1 Å². The number of benzene rings is 2. The Morgan fingerprint density at radius 3 is 2.52 bits per heavy atom. The van der Waals surface area contributed by atoms with E-state index in [1.807, 2.05) is 30.3 Å². The normalized spacial score (nSPS) is 10.5. The summed E-state index contributed by atoms with van der Waals surface area (Å²) in [5.41, 5.74) is 1.10. The predicted molar refractivity (Wildman–Crippen MR) is 92.2 cm³/mol. The van der Waals surface area contributed by atoms with Crippen molar-refractivity contribution >= 4 is 39.0 Å². The predicted octanol–water partition coefficient (Wildman–Crippen LogP) is 4.33. The highest BCUT2D eigenvalue weighted by atomic mass is 32.1. The van der Waals surface area contributed by atoms with Gasteiger partial charge in [-0.3, -0.25) is 4.79 Å². The van der Waals surface area contributed by atoms with Crippen LogP contribution in [0.4, 0.5) is 5.69 Å². The van der Waals surface area contributed by atoms with Gasteiger partial charge >= 0.3 is 5.97 Å². The first kappa shape index (κ1) is 15.2. The number of fused-ring (bicyclic) bond motifs is 1. The van der Waals surface area contributed by atoms with Gasteiger partial charge in [-0.2, -0.15) is 0 Å². The lowest BCUT2D eigenvalue weighted by atomic mass is 10.2. The lowest BCUT2D eigenvalue weighted by Crippen LogP contribution is -2.10. The third-order valence-electron chi connectivity index (χ3n) is 3.30. The minimum atomic E-state index is -0.366. The zero-order valence-corrected chi connectivity index (χ0v) is 13.4. The third kappa shape index (κ3) is 3.40. The first-order chi connectivity index (χ1) is 11.2. The molecule has 0 fully saturated rings. The summed E-state index contributed by atoms with van der Waals surface area (Å²) in [5, 5.41) is 3.89. The molecule has 3 rings (SSSR count). The van der Waals surface area contributed by atoms with Crippen LogP contribution in [0.3, 0.4) is 0 Å². The number of anilines is 1. The second-order valence-electron chi connectivity index (χ2n) is 4.90. The lowest BCUT2D eigenvalue weighted by molar-refractivity contribution is 0.0526. The quantitative estimate of drug-likeness (QED) is 0.726. The number of amides is 1. The van der Waals surface area contributed by atoms with E-state index in [1.165, 1.54) is 11.3 Å². The topological polar surface area (TPSA) is 55.4 Å². The second kappa shape index (κ2) is 6.62. The maximum absolute atomic E-state index is 12.3. The molecule has 5 heteroatoms. The minimum absolute atomic E-state index is 0.157. The Kier molecular flexibility index (Phi) is 4.39. The van der Waals surface area contributed by atoms with Crippen LogP contribution >= 0.6 is 11.3 Å². The number of nitrogens with one attached hydrogen (secondary N) is 1. The van der Waals surface area contributed by atoms with Crippen LogP contribution in [0.2, 0.25) is 0 Å². The van der Waals surface area contributed by atoms with Gasteiger partial charge in [0, 0.05) is 10.4 Å². The van der Waals surface area contributed by atoms with Crippen molar-refractivity contribution in [1.29, 1.82) is 0 Å². The van der Waals surface area contributed by atoms with Gasteiger partial charge in [0.15, 0.2) is 0 Å². The zero-order chi connectivity index (χ0) is 16.2. The number of hydrogen-bond acceptors (Lipinski definition) is 4. The Balaban J connectivity index is 1.73. The van der Waals surface area contributed by atoms with Crippen LogP contribution in [0.15, 0.2) is 54.6 Å². The zero-order valence-electron chi connectivity index (χ0n) is 12.5. The molecule has 23 heavy (non-hydrogen) atoms. The van der Waals surface area contributed by atoms with E-state index >= 15 is 0 Å². The van der Waals surface area contributed by atoms with Crippen molar-refractivity contribution < 1.29 is 14.3 Å². The molecule has 1 N–H and O–H groups in total. The van der Waals surface area contributed by atoms with Gasteiger partial charge in [0.25, 0.3) is 5.91 Å². The molecular weight excluding hydrogens is 310 g/mol. The highest BCUT2D eigenvalue weighted by Crippen LogP contribution is 2.26. The molecule has 1 amide bonds. The summed E-state index contributed by atoms with van der Waals surface area (Å²) >= 11 is 1.45. The highest BCUT2D eigenvalue weighted by molar-refractivity contribution is 7.20. The first-order valence-corrected chi connectivity index (χ1v) is 8.06. The number of rotatable bonds is 4. The van der Waals surface area contributed by atoms with Crippen LogP contribution in [0.25, 0.3) is 10.1 Å². The summed E-state index contributed by atoms with van der Waals surface area (Å²) in [4.78, 5) is 24.6. The molecular formula is C18H15NO3S. The molecule has 2 aromatic carbocycles. The number of ether oxygens (including phenoxy) is 1. The Labute approximate surface area is 137 Å². The molecule has 0 unspecified atom stereocenters. The van der Waals surface area contributed by atoms with Crippen molar-refractivity contribution in [3.63, 3.8) is 0 Å². The van der Waals surface area contributed by atoms with E-state index in [4.69, 9.17) is 4.74 Å². The van der Waals surface area contributed by atoms with Gasteiger partial charge in [-0.1, -0.05) is 18.2 Å². The van der Waals surface area contributed by atoms with E-state index in [1.54, 1.807) is 31.2 Å². The number of thiophene rings is 1. The van der Waals surface area contributed by atoms with Crippen molar-refractivity contribution in [1.82, 2.24) is 0 Å². The molecule has 116 valence electrons. The molecule has 4 nitrogen and oxygen atoms in total. The Hall–Kier alpha value is -2.66. The second-order valence-corrected chi connectivity index (χ2v) is 5.98. The molecule has 0 aliphatic heterocycles. The standard InChI is InChI=1S/C18H15NO3S/c1-2-22-18(21)12-7-9-14(10-8-12)19-17(20)16-11-13-5-3-4-6-15(13)23-16/h3-11H,2H2,1H3,(H,19,20). The molecule has 0 spiro atoms. The molecule has 0 atom stereocenters. The van der Waals surface area contributed by atoms with Gasteiger partial charge in [-0.25, -0.2) is 4.79 Å². The molecule has 0 aliphatic carbocycles. The SMILES string of the molecule is CCOC(=O)c1ccc(NC(=O)c2cc3ccccc3s2)cc1. The molecule has 0 saturated heterocycles. The summed E-state index contributed by atoms with van der Waals surface area (Å²) in [6.07, 6.45) is 0. The lowest BCUT2D eigenvalue weighted by Gasteiger charge is -2.05. The van der Waals surface area contributed by atoms with E-state index < -0.39 is 0 Å². The smallest absolute Gasteiger partial charge is 0.338 e. The fourth-order valence-corrected chi connectivity index (χ4v) is 3.15. The van der Waals surface area contributed by atoms with Gasteiger partial charge < -0.3 is 10.1 Å². The Morgan fingerprint density at radius 1 is 1.09 bits per heavy atom. The van der Waals surface area contributed by atoms with Gasteiger partial charge in [-0.05, 0) is 48.7 Å².